The number of para-hydroxylation sites is 1. The zero-order chi connectivity index (χ0) is 14.0. The van der Waals surface area contributed by atoms with Gasteiger partial charge >= 0.3 is 5.97 Å². The molecule has 6 heteroatoms. The first-order valence-electron chi connectivity index (χ1n) is 5.69. The zero-order valence-corrected chi connectivity index (χ0v) is 9.98. The topological polar surface area (TPSA) is 99.8 Å². The van der Waals surface area contributed by atoms with E-state index in [0.717, 1.165) is 6.07 Å². The van der Waals surface area contributed by atoms with Gasteiger partial charge in [0.05, 0.1) is 30.3 Å². The van der Waals surface area contributed by atoms with E-state index in [4.69, 9.17) is 10.2 Å². The van der Waals surface area contributed by atoms with Gasteiger partial charge in [-0.1, -0.05) is 18.2 Å². The number of rotatable bonds is 4. The Hall–Kier alpha value is -2.18. The zero-order valence-electron chi connectivity index (χ0n) is 9.98. The molecule has 3 N–H and O–H groups in total. The van der Waals surface area contributed by atoms with Gasteiger partial charge in [0.1, 0.15) is 0 Å². The number of aliphatic hydroxyl groups excluding tert-OH is 2. The van der Waals surface area contributed by atoms with E-state index in [0.29, 0.717) is 10.9 Å². The van der Waals surface area contributed by atoms with Crippen LogP contribution in [0, 0.1) is 0 Å². The van der Waals surface area contributed by atoms with E-state index in [1.54, 1.807) is 24.3 Å². The second-order valence-electron chi connectivity index (χ2n) is 4.17. The van der Waals surface area contributed by atoms with Crippen molar-refractivity contribution in [3.63, 3.8) is 0 Å². The molecule has 0 radical (unpaired) electrons. The summed E-state index contributed by atoms with van der Waals surface area (Å²) in [6.07, 6.45) is -1.07. The minimum Gasteiger partial charge on any atom is -0.478 e. The fraction of sp³-hybridized carbons (Fsp3) is 0.231. The Bertz CT molecular complexity index is 676. The number of fused-ring (bicyclic) bond motifs is 1. The number of carboxylic acids is 1. The van der Waals surface area contributed by atoms with E-state index in [1.807, 2.05) is 0 Å². The minimum absolute atomic E-state index is 0.0738. The molecule has 0 fully saturated rings. The fourth-order valence-electron chi connectivity index (χ4n) is 1.97. The van der Waals surface area contributed by atoms with Crippen LogP contribution in [-0.2, 0) is 6.54 Å². The summed E-state index contributed by atoms with van der Waals surface area (Å²) in [5, 5.41) is 27.8. The summed E-state index contributed by atoms with van der Waals surface area (Å²) in [6.45, 7) is -0.558. The van der Waals surface area contributed by atoms with Gasteiger partial charge in [-0.3, -0.25) is 4.79 Å². The van der Waals surface area contributed by atoms with E-state index >= 15 is 0 Å². The molecule has 100 valence electrons. The maximum atomic E-state index is 11.9. The molecule has 0 aliphatic rings. The number of nitrogens with zero attached hydrogens (tertiary/aromatic N) is 1. The summed E-state index contributed by atoms with van der Waals surface area (Å²) in [5.41, 5.74) is -0.182. The Morgan fingerprint density at radius 1 is 1.32 bits per heavy atom. The predicted octanol–water partition coefficient (Wildman–Crippen LogP) is 0.0529. The third kappa shape index (κ3) is 2.49. The molecular weight excluding hydrogens is 250 g/mol. The van der Waals surface area contributed by atoms with Gasteiger partial charge in [-0.25, -0.2) is 4.79 Å². The van der Waals surface area contributed by atoms with Crippen molar-refractivity contribution in [2.24, 2.45) is 0 Å². The maximum absolute atomic E-state index is 11.9. The normalized spacial score (nSPS) is 12.5. The van der Waals surface area contributed by atoms with Gasteiger partial charge in [-0.05, 0) is 6.07 Å². The van der Waals surface area contributed by atoms with Gasteiger partial charge in [0, 0.05) is 11.5 Å². The standard InChI is InChI=1S/C13H13NO5/c15-7-8(16)6-14-11-4-2-1-3-9(11)10(13(18)19)5-12(14)17/h1-5,8,15-16H,6-7H2,(H,18,19). The largest absolute Gasteiger partial charge is 0.478 e. The van der Waals surface area contributed by atoms with Gasteiger partial charge in [0.25, 0.3) is 5.56 Å². The molecule has 1 atom stereocenters. The van der Waals surface area contributed by atoms with Crippen molar-refractivity contribution >= 4 is 16.9 Å². The third-order valence-electron chi connectivity index (χ3n) is 2.85. The first kappa shape index (κ1) is 13.3. The highest BCUT2D eigenvalue weighted by Crippen LogP contribution is 2.17. The van der Waals surface area contributed by atoms with Crippen molar-refractivity contribution in [2.75, 3.05) is 6.61 Å². The summed E-state index contributed by atoms with van der Waals surface area (Å²) in [6, 6.07) is 7.57. The van der Waals surface area contributed by atoms with Crippen LogP contribution >= 0.6 is 0 Å². The lowest BCUT2D eigenvalue weighted by molar-refractivity contribution is 0.0698. The summed E-state index contributed by atoms with van der Waals surface area (Å²) >= 11 is 0. The lowest BCUT2D eigenvalue weighted by Crippen LogP contribution is -2.29. The second kappa shape index (κ2) is 5.21. The van der Waals surface area contributed by atoms with Gasteiger partial charge in [-0.15, -0.1) is 0 Å². The van der Waals surface area contributed by atoms with Gasteiger partial charge in [0.15, 0.2) is 0 Å². The number of aromatic carboxylic acids is 1. The molecule has 0 spiro atoms. The highest BCUT2D eigenvalue weighted by Gasteiger charge is 2.15. The number of carboxylic acid groups (broad SMARTS) is 1. The van der Waals surface area contributed by atoms with Gasteiger partial charge in [-0.2, -0.15) is 0 Å². The molecule has 0 saturated carbocycles. The molecule has 19 heavy (non-hydrogen) atoms. The molecular formula is C13H13NO5. The van der Waals surface area contributed by atoms with Crippen molar-refractivity contribution in [3.8, 4) is 0 Å². The van der Waals surface area contributed by atoms with Gasteiger partial charge in [0.2, 0.25) is 0 Å². The molecule has 1 aromatic carbocycles. The Balaban J connectivity index is 2.72. The molecule has 2 aromatic rings. The number of aromatic nitrogens is 1. The van der Waals surface area contributed by atoms with E-state index in [9.17, 15) is 14.7 Å². The van der Waals surface area contributed by atoms with Crippen LogP contribution in [0.2, 0.25) is 0 Å². The first-order chi connectivity index (χ1) is 9.04. The summed E-state index contributed by atoms with van der Waals surface area (Å²) in [4.78, 5) is 23.0. The van der Waals surface area contributed by atoms with Crippen LogP contribution in [0.1, 0.15) is 10.4 Å². The van der Waals surface area contributed by atoms with Crippen molar-refractivity contribution in [3.05, 3.63) is 46.2 Å². The molecule has 2 rings (SSSR count). The van der Waals surface area contributed by atoms with Crippen molar-refractivity contribution in [1.82, 2.24) is 4.57 Å². The second-order valence-corrected chi connectivity index (χ2v) is 4.17. The average Bonchev–Trinajstić information content (AvgIpc) is 2.41. The van der Waals surface area contributed by atoms with Crippen LogP contribution in [0.15, 0.2) is 35.1 Å². The number of aliphatic hydroxyl groups is 2. The highest BCUT2D eigenvalue weighted by molar-refractivity contribution is 6.02. The number of pyridine rings is 1. The summed E-state index contributed by atoms with van der Waals surface area (Å²) in [7, 11) is 0. The minimum atomic E-state index is -1.18. The number of hydrogen-bond donors (Lipinski definition) is 3. The van der Waals surface area contributed by atoms with Crippen molar-refractivity contribution < 1.29 is 20.1 Å². The quantitative estimate of drug-likeness (QED) is 0.724. The van der Waals surface area contributed by atoms with Crippen LogP contribution in [0.5, 0.6) is 0 Å². The number of carbonyl (C=O) groups is 1. The highest BCUT2D eigenvalue weighted by atomic mass is 16.4. The SMILES string of the molecule is O=C(O)c1cc(=O)n(CC(O)CO)c2ccccc12. The van der Waals surface area contributed by atoms with Crippen LogP contribution in [-0.4, -0.2) is 38.6 Å². The molecule has 0 bridgehead atoms. The average molecular weight is 263 g/mol. The Kier molecular flexibility index (Phi) is 3.64. The summed E-state index contributed by atoms with van der Waals surface area (Å²) in [5.74, 6) is -1.18. The van der Waals surface area contributed by atoms with Crippen LogP contribution in [0.25, 0.3) is 10.9 Å². The maximum Gasteiger partial charge on any atom is 0.336 e. The number of benzene rings is 1. The molecule has 0 saturated heterocycles. The summed E-state index contributed by atoms with van der Waals surface area (Å²) < 4.78 is 1.25. The van der Waals surface area contributed by atoms with E-state index in [-0.39, 0.29) is 12.1 Å². The Labute approximate surface area is 108 Å². The van der Waals surface area contributed by atoms with Crippen LogP contribution < -0.4 is 5.56 Å². The fourth-order valence-corrected chi connectivity index (χ4v) is 1.97. The predicted molar refractivity (Wildman–Crippen MR) is 68.3 cm³/mol. The molecule has 1 aromatic heterocycles. The smallest absolute Gasteiger partial charge is 0.336 e. The molecule has 0 amide bonds. The first-order valence-corrected chi connectivity index (χ1v) is 5.69. The lowest BCUT2D eigenvalue weighted by Gasteiger charge is -2.14. The monoisotopic (exact) mass is 263 g/mol. The Morgan fingerprint density at radius 3 is 2.63 bits per heavy atom. The molecule has 0 aliphatic heterocycles. The molecule has 1 unspecified atom stereocenters. The van der Waals surface area contributed by atoms with Crippen LogP contribution in [0.3, 0.4) is 0 Å². The Morgan fingerprint density at radius 2 is 2.00 bits per heavy atom. The molecule has 1 heterocycles. The van der Waals surface area contributed by atoms with E-state index < -0.39 is 24.2 Å². The third-order valence-corrected chi connectivity index (χ3v) is 2.85. The van der Waals surface area contributed by atoms with Crippen molar-refractivity contribution in [2.45, 2.75) is 12.6 Å². The molecule has 0 aliphatic carbocycles. The number of hydrogen-bond acceptors (Lipinski definition) is 4. The molecule has 6 nitrogen and oxygen atoms in total. The van der Waals surface area contributed by atoms with Crippen LogP contribution in [0.4, 0.5) is 0 Å². The lowest BCUT2D eigenvalue weighted by atomic mass is 10.1. The van der Waals surface area contributed by atoms with Crippen molar-refractivity contribution in [1.29, 1.82) is 0 Å². The van der Waals surface area contributed by atoms with E-state index in [1.165, 1.54) is 4.57 Å². The van der Waals surface area contributed by atoms with Gasteiger partial charge < -0.3 is 19.9 Å². The van der Waals surface area contributed by atoms with E-state index in [2.05, 4.69) is 0 Å².